The molecule has 0 radical (unpaired) electrons. The first-order valence-electron chi connectivity index (χ1n) is 11.5. The summed E-state index contributed by atoms with van der Waals surface area (Å²) in [6, 6.07) is 0. The van der Waals surface area contributed by atoms with Crippen molar-refractivity contribution >= 4 is 11.8 Å². The molecule has 0 aliphatic heterocycles. The highest BCUT2D eigenvalue weighted by Crippen LogP contribution is 2.39. The number of carbonyl (C=O) groups excluding carboxylic acids is 1. The van der Waals surface area contributed by atoms with Gasteiger partial charge in [-0.2, -0.15) is 0 Å². The molecule has 1 fully saturated rings. The molecule has 0 bridgehead atoms. The van der Waals surface area contributed by atoms with Crippen LogP contribution in [0.3, 0.4) is 0 Å². The van der Waals surface area contributed by atoms with Gasteiger partial charge in [0.1, 0.15) is 5.78 Å². The predicted octanol–water partition coefficient (Wildman–Crippen LogP) is 5.96. The molecule has 5 nitrogen and oxygen atoms in total. The van der Waals surface area contributed by atoms with Crippen molar-refractivity contribution in [2.24, 2.45) is 11.8 Å². The lowest BCUT2D eigenvalue weighted by molar-refractivity contribution is -0.304. The van der Waals surface area contributed by atoms with Crippen molar-refractivity contribution < 1.29 is 33.7 Å². The molecular formula is C23H44F2O5. The van der Waals surface area contributed by atoms with Crippen LogP contribution in [0.5, 0.6) is 0 Å². The molecule has 0 heterocycles. The number of alkyl halides is 2. The van der Waals surface area contributed by atoms with E-state index in [-0.39, 0.29) is 30.5 Å². The number of carbonyl (C=O) groups is 2. The number of hydrogen-bond donors (Lipinski definition) is 3. The fraction of sp³-hybridized carbons (Fsp3) is 0.913. The lowest BCUT2D eigenvalue weighted by atomic mass is 9.90. The van der Waals surface area contributed by atoms with Crippen LogP contribution in [0.1, 0.15) is 112 Å². The highest BCUT2D eigenvalue weighted by atomic mass is 19.3. The molecule has 0 unspecified atom stereocenters. The first-order valence-corrected chi connectivity index (χ1v) is 11.5. The van der Waals surface area contributed by atoms with E-state index in [1.807, 2.05) is 13.8 Å². The number of rotatable bonds is 12. The number of aliphatic hydroxyl groups is 2. The first kappa shape index (κ1) is 31.1. The van der Waals surface area contributed by atoms with Crippen molar-refractivity contribution in [3.05, 3.63) is 0 Å². The zero-order valence-corrected chi connectivity index (χ0v) is 19.6. The molecule has 7 heteroatoms. The van der Waals surface area contributed by atoms with Crippen LogP contribution in [0, 0.1) is 11.8 Å². The largest absolute Gasteiger partial charge is 0.481 e. The van der Waals surface area contributed by atoms with Crippen LogP contribution in [-0.2, 0) is 9.59 Å². The summed E-state index contributed by atoms with van der Waals surface area (Å²) < 4.78 is 27.6. The molecule has 180 valence electrons. The summed E-state index contributed by atoms with van der Waals surface area (Å²) in [5.74, 6) is -7.26. The van der Waals surface area contributed by atoms with Gasteiger partial charge in [0.2, 0.25) is 5.79 Å². The van der Waals surface area contributed by atoms with Crippen molar-refractivity contribution in [3.8, 4) is 0 Å². The van der Waals surface area contributed by atoms with E-state index in [1.165, 1.54) is 6.42 Å². The smallest absolute Gasteiger partial charge is 0.303 e. The van der Waals surface area contributed by atoms with Crippen LogP contribution in [0.2, 0.25) is 0 Å². The van der Waals surface area contributed by atoms with Gasteiger partial charge in [-0.25, -0.2) is 8.78 Å². The number of carboxylic acid groups (broad SMARTS) is 1. The topological polar surface area (TPSA) is 94.8 Å². The third-order valence-corrected chi connectivity index (χ3v) is 5.38. The summed E-state index contributed by atoms with van der Waals surface area (Å²) >= 11 is 0. The lowest BCUT2D eigenvalue weighted by Gasteiger charge is -2.33. The van der Waals surface area contributed by atoms with E-state index in [2.05, 4.69) is 6.92 Å². The highest BCUT2D eigenvalue weighted by molar-refractivity contribution is 5.80. The number of halogens is 2. The Morgan fingerprint density at radius 1 is 1.17 bits per heavy atom. The molecular weight excluding hydrogens is 394 g/mol. The molecule has 0 aromatic carbocycles. The summed E-state index contributed by atoms with van der Waals surface area (Å²) in [6.07, 6.45) is 6.02. The minimum atomic E-state index is -3.51. The average molecular weight is 439 g/mol. The Hall–Kier alpha value is -1.08. The Morgan fingerprint density at radius 3 is 2.20 bits per heavy atom. The molecule has 1 rings (SSSR count). The van der Waals surface area contributed by atoms with Crippen LogP contribution < -0.4 is 0 Å². The molecule has 30 heavy (non-hydrogen) atoms. The SMILES string of the molecule is CC.CCCCCCC(=O)O.CC[C@H](C)CC(F)(F)C(O)(O)CC[C@H]1CCC(=O)C1. The van der Waals surface area contributed by atoms with Gasteiger partial charge in [0, 0.05) is 32.1 Å². The summed E-state index contributed by atoms with van der Waals surface area (Å²) in [5, 5.41) is 27.5. The number of hydrogen-bond acceptors (Lipinski definition) is 4. The van der Waals surface area contributed by atoms with E-state index in [1.54, 1.807) is 13.8 Å². The summed E-state index contributed by atoms with van der Waals surface area (Å²) in [7, 11) is 0. The quantitative estimate of drug-likeness (QED) is 0.258. The van der Waals surface area contributed by atoms with Crippen molar-refractivity contribution in [1.82, 2.24) is 0 Å². The molecule has 0 aromatic rings. The summed E-state index contributed by atoms with van der Waals surface area (Å²) in [5.41, 5.74) is 0. The first-order chi connectivity index (χ1) is 13.9. The van der Waals surface area contributed by atoms with Crippen LogP contribution >= 0.6 is 0 Å². The van der Waals surface area contributed by atoms with Gasteiger partial charge < -0.3 is 15.3 Å². The Balaban J connectivity index is 0. The van der Waals surface area contributed by atoms with E-state index >= 15 is 0 Å². The maximum Gasteiger partial charge on any atom is 0.303 e. The number of aliphatic carboxylic acids is 1. The fourth-order valence-corrected chi connectivity index (χ4v) is 3.17. The lowest BCUT2D eigenvalue weighted by Crippen LogP contribution is -2.49. The Labute approximate surface area is 181 Å². The molecule has 1 saturated carbocycles. The van der Waals surface area contributed by atoms with E-state index < -0.39 is 24.1 Å². The number of ketones is 1. The predicted molar refractivity (Wildman–Crippen MR) is 116 cm³/mol. The van der Waals surface area contributed by atoms with Gasteiger partial charge in [-0.15, -0.1) is 0 Å². The normalized spacial score (nSPS) is 17.5. The van der Waals surface area contributed by atoms with Crippen molar-refractivity contribution in [3.63, 3.8) is 0 Å². The Bertz CT molecular complexity index is 467. The van der Waals surface area contributed by atoms with E-state index in [9.17, 15) is 28.6 Å². The van der Waals surface area contributed by atoms with Crippen LogP contribution in [0.4, 0.5) is 8.78 Å². The molecule has 0 saturated heterocycles. The summed E-state index contributed by atoms with van der Waals surface area (Å²) in [4.78, 5) is 21.0. The molecule has 0 aromatic heterocycles. The minimum Gasteiger partial charge on any atom is -0.481 e. The van der Waals surface area contributed by atoms with Gasteiger partial charge in [-0.1, -0.05) is 60.3 Å². The van der Waals surface area contributed by atoms with Gasteiger partial charge in [-0.05, 0) is 31.1 Å². The van der Waals surface area contributed by atoms with Gasteiger partial charge in [0.15, 0.2) is 0 Å². The van der Waals surface area contributed by atoms with E-state index in [0.29, 0.717) is 32.1 Å². The molecule has 1 aliphatic rings. The molecule has 3 N–H and O–H groups in total. The van der Waals surface area contributed by atoms with Gasteiger partial charge in [0.05, 0.1) is 0 Å². The van der Waals surface area contributed by atoms with Crippen LogP contribution in [-0.4, -0.2) is 38.8 Å². The van der Waals surface area contributed by atoms with Crippen molar-refractivity contribution in [2.45, 2.75) is 123 Å². The molecule has 2 atom stereocenters. The van der Waals surface area contributed by atoms with Crippen molar-refractivity contribution in [1.29, 1.82) is 0 Å². The van der Waals surface area contributed by atoms with E-state index in [4.69, 9.17) is 5.11 Å². The standard InChI is InChI=1S/C14H24F2O3.C7H14O2.C2H6/c1-3-10(2)9-13(15,16)14(18,19)7-6-11-4-5-12(17)8-11;1-2-3-4-5-6-7(8)9;1-2/h10-11,18-19H,3-9H2,1-2H3;2-6H2,1H3,(H,8,9);1-2H3/t10-,11+;;/m0../s1. The monoisotopic (exact) mass is 438 g/mol. The van der Waals surface area contributed by atoms with Gasteiger partial charge in [0.25, 0.3) is 0 Å². The third-order valence-electron chi connectivity index (χ3n) is 5.38. The molecule has 0 spiro atoms. The fourth-order valence-electron chi connectivity index (χ4n) is 3.17. The number of carboxylic acids is 1. The van der Waals surface area contributed by atoms with E-state index in [0.717, 1.165) is 19.3 Å². The zero-order chi connectivity index (χ0) is 23.8. The van der Waals surface area contributed by atoms with Gasteiger partial charge in [-0.3, -0.25) is 9.59 Å². The second kappa shape index (κ2) is 16.6. The second-order valence-corrected chi connectivity index (χ2v) is 8.13. The molecule has 0 amide bonds. The third kappa shape index (κ3) is 14.0. The summed E-state index contributed by atoms with van der Waals surface area (Å²) in [6.45, 7) is 9.57. The van der Waals surface area contributed by atoms with Crippen LogP contribution in [0.25, 0.3) is 0 Å². The second-order valence-electron chi connectivity index (χ2n) is 8.13. The maximum absolute atomic E-state index is 13.8. The Morgan fingerprint density at radius 2 is 1.77 bits per heavy atom. The average Bonchev–Trinajstić information content (AvgIpc) is 3.10. The molecule has 1 aliphatic carbocycles. The zero-order valence-electron chi connectivity index (χ0n) is 19.6. The number of unbranched alkanes of at least 4 members (excludes halogenated alkanes) is 3. The van der Waals surface area contributed by atoms with Gasteiger partial charge >= 0.3 is 11.9 Å². The highest BCUT2D eigenvalue weighted by Gasteiger charge is 2.51. The van der Waals surface area contributed by atoms with Crippen LogP contribution in [0.15, 0.2) is 0 Å². The van der Waals surface area contributed by atoms with Crippen molar-refractivity contribution in [2.75, 3.05) is 0 Å². The Kier molecular flexibility index (Phi) is 17.2. The maximum atomic E-state index is 13.8. The number of Topliss-reactive ketones (excluding diaryl/α,β-unsaturated/α-hetero) is 1. The minimum absolute atomic E-state index is 0.0190.